The van der Waals surface area contributed by atoms with Crippen molar-refractivity contribution >= 4 is 35.1 Å². The average molecular weight is 666 g/mol. The minimum absolute atomic E-state index is 0.0293. The first-order chi connectivity index (χ1) is 22.2. The molecule has 1 aliphatic heterocycles. The van der Waals surface area contributed by atoms with Gasteiger partial charge in [0.2, 0.25) is 11.7 Å². The van der Waals surface area contributed by atoms with Gasteiger partial charge in [-0.05, 0) is 48.3 Å². The lowest BCUT2D eigenvalue weighted by atomic mass is 9.74. The predicted octanol–water partition coefficient (Wildman–Crippen LogP) is 5.98. The Balaban J connectivity index is 1.85. The van der Waals surface area contributed by atoms with Crippen LogP contribution in [0.2, 0.25) is 0 Å². The molecule has 3 aliphatic rings. The summed E-state index contributed by atoms with van der Waals surface area (Å²) in [5.74, 6) is 0.00331. The molecule has 2 N–H and O–H groups in total. The molecule has 1 heterocycles. The number of hydrogen-bond donors (Lipinski definition) is 2. The molecule has 9 nitrogen and oxygen atoms in total. The van der Waals surface area contributed by atoms with Crippen LogP contribution in [0, 0.1) is 46.3 Å². The van der Waals surface area contributed by atoms with Crippen LogP contribution in [0.4, 0.5) is 4.79 Å². The summed E-state index contributed by atoms with van der Waals surface area (Å²) in [7, 11) is 0. The number of Topliss-reactive ketones (excluding diaryl/α,β-unsaturated/α-hetero) is 4. The predicted molar refractivity (Wildman–Crippen MR) is 187 cm³/mol. The van der Waals surface area contributed by atoms with Crippen molar-refractivity contribution < 1.29 is 28.8 Å². The number of terminal acetylenes is 1. The molecule has 0 radical (unpaired) electrons. The molecule has 48 heavy (non-hydrogen) atoms. The van der Waals surface area contributed by atoms with Crippen LogP contribution in [0.5, 0.6) is 0 Å². The molecule has 3 fully saturated rings. The second-order valence-electron chi connectivity index (χ2n) is 17.2. The first kappa shape index (κ1) is 39.2. The van der Waals surface area contributed by atoms with Crippen LogP contribution >= 0.6 is 0 Å². The topological polar surface area (TPSA) is 130 Å². The number of fused-ring (bicyclic) bond motifs is 1. The molecule has 0 aromatic heterocycles. The number of piperidine rings is 1. The monoisotopic (exact) mass is 665 g/mol. The Labute approximate surface area is 288 Å². The van der Waals surface area contributed by atoms with E-state index in [-0.39, 0.29) is 66.8 Å². The third-order valence-corrected chi connectivity index (χ3v) is 11.0. The summed E-state index contributed by atoms with van der Waals surface area (Å²) in [5, 5.41) is 6.09. The van der Waals surface area contributed by atoms with Crippen molar-refractivity contribution in [1.29, 1.82) is 0 Å². The smallest absolute Gasteiger partial charge is 0.315 e. The van der Waals surface area contributed by atoms with Gasteiger partial charge in [-0.15, -0.1) is 18.9 Å². The fourth-order valence-electron chi connectivity index (χ4n) is 7.78. The van der Waals surface area contributed by atoms with Crippen molar-refractivity contribution in [3.05, 3.63) is 12.7 Å². The van der Waals surface area contributed by atoms with Gasteiger partial charge in [0.05, 0.1) is 6.04 Å². The van der Waals surface area contributed by atoms with E-state index >= 15 is 0 Å². The fraction of sp³-hybridized carbons (Fsp3) is 0.744. The maximum Gasteiger partial charge on any atom is 0.315 e. The Bertz CT molecular complexity index is 1320. The third kappa shape index (κ3) is 9.03. The van der Waals surface area contributed by atoms with Crippen LogP contribution in [0.3, 0.4) is 0 Å². The number of allylic oxidation sites excluding steroid dienone is 1. The molecule has 1 saturated heterocycles. The molecule has 2 aliphatic carbocycles. The Kier molecular flexibility index (Phi) is 12.3. The van der Waals surface area contributed by atoms with Gasteiger partial charge in [-0.3, -0.25) is 24.0 Å². The number of nitrogens with zero attached hydrogens (tertiary/aromatic N) is 1. The van der Waals surface area contributed by atoms with Crippen LogP contribution < -0.4 is 10.6 Å². The summed E-state index contributed by atoms with van der Waals surface area (Å²) >= 11 is 0. The third-order valence-electron chi connectivity index (χ3n) is 11.0. The highest BCUT2D eigenvalue weighted by molar-refractivity contribution is 6.38. The number of urea groups is 1. The van der Waals surface area contributed by atoms with Crippen LogP contribution in [0.1, 0.15) is 126 Å². The summed E-state index contributed by atoms with van der Waals surface area (Å²) < 4.78 is 0. The minimum Gasteiger partial charge on any atom is -0.332 e. The summed E-state index contributed by atoms with van der Waals surface area (Å²) in [6, 6.07) is -2.23. The molecular formula is C39H59N3O6. The molecule has 0 aromatic carbocycles. The molecule has 5 atom stereocenters. The lowest BCUT2D eigenvalue weighted by Crippen LogP contribution is -2.62. The molecule has 266 valence electrons. The van der Waals surface area contributed by atoms with Crippen LogP contribution in [0.15, 0.2) is 12.7 Å². The van der Waals surface area contributed by atoms with E-state index < -0.39 is 52.0 Å². The van der Waals surface area contributed by atoms with Crippen molar-refractivity contribution in [2.24, 2.45) is 34.0 Å². The highest BCUT2D eigenvalue weighted by Crippen LogP contribution is 2.65. The van der Waals surface area contributed by atoms with Gasteiger partial charge in [0, 0.05) is 49.1 Å². The van der Waals surface area contributed by atoms with Crippen molar-refractivity contribution in [1.82, 2.24) is 15.5 Å². The molecule has 0 aromatic rings. The molecular weight excluding hydrogens is 606 g/mol. The molecule has 1 unspecified atom stereocenters. The minimum atomic E-state index is -0.952. The zero-order valence-corrected chi connectivity index (χ0v) is 30.6. The zero-order chi connectivity index (χ0) is 36.2. The van der Waals surface area contributed by atoms with E-state index in [0.29, 0.717) is 25.8 Å². The highest BCUT2D eigenvalue weighted by atomic mass is 16.2. The van der Waals surface area contributed by atoms with E-state index in [1.54, 1.807) is 11.0 Å². The van der Waals surface area contributed by atoms with Crippen LogP contribution in [-0.2, 0) is 24.0 Å². The summed E-state index contributed by atoms with van der Waals surface area (Å²) in [4.78, 5) is 82.8. The van der Waals surface area contributed by atoms with E-state index in [1.165, 1.54) is 0 Å². The Hall–Kier alpha value is -3.28. The maximum absolute atomic E-state index is 14.4. The molecule has 2 saturated carbocycles. The van der Waals surface area contributed by atoms with Gasteiger partial charge in [0.15, 0.2) is 11.6 Å². The number of amides is 3. The van der Waals surface area contributed by atoms with Gasteiger partial charge in [-0.2, -0.15) is 0 Å². The molecule has 9 heteroatoms. The summed E-state index contributed by atoms with van der Waals surface area (Å²) in [6.07, 6.45) is 12.2. The van der Waals surface area contributed by atoms with Gasteiger partial charge in [-0.25, -0.2) is 4.79 Å². The van der Waals surface area contributed by atoms with Crippen molar-refractivity contribution in [2.75, 3.05) is 6.54 Å². The molecule has 0 bridgehead atoms. The fourth-order valence-corrected chi connectivity index (χ4v) is 7.78. The van der Waals surface area contributed by atoms with Gasteiger partial charge < -0.3 is 15.5 Å². The standard InChI is InChI=1S/C39H59N3O6/c1-11-13-18-25(32(46)27(43)19-14-12-2)22-28(44)31-30-26(38(30,9)10)24-42(31)34(47)33(37(6,7)8)40-35(48)41-39(20-16-15-17-21-39)23-29(45)36(3,4)5/h1,12,25-26,30-31,33H,2,13-24H2,3-10H3,(H2,40,41,48)/t25?,26-,30-,31+,33+/m0/s1. The largest absolute Gasteiger partial charge is 0.332 e. The SMILES string of the molecule is C#CCCC(CC(=O)[C@@H]1[C@@H]2[C@H](CN1C(=O)[C@@H](NC(=O)NC1(CC(=O)C(C)(C)C)CCCCC1)C(C)(C)C)C2(C)C)C(=O)C(=O)CCC=C. The van der Waals surface area contributed by atoms with Gasteiger partial charge in [0.1, 0.15) is 11.8 Å². The number of carbonyl (C=O) groups excluding carboxylic acids is 6. The van der Waals surface area contributed by atoms with Crippen LogP contribution in [-0.4, -0.2) is 64.1 Å². The number of ketones is 4. The van der Waals surface area contributed by atoms with E-state index in [1.807, 2.05) is 41.5 Å². The number of hydrogen-bond acceptors (Lipinski definition) is 6. The first-order valence-electron chi connectivity index (χ1n) is 17.8. The van der Waals surface area contributed by atoms with Gasteiger partial charge >= 0.3 is 6.03 Å². The number of carbonyl (C=O) groups is 6. The first-order valence-corrected chi connectivity index (χ1v) is 17.8. The van der Waals surface area contributed by atoms with E-state index in [2.05, 4.69) is 37.0 Å². The molecule has 3 amide bonds. The molecule has 3 rings (SSSR count). The zero-order valence-electron chi connectivity index (χ0n) is 30.6. The highest BCUT2D eigenvalue weighted by Gasteiger charge is 2.69. The quantitative estimate of drug-likeness (QED) is 0.126. The Morgan fingerprint density at radius 1 is 1.02 bits per heavy atom. The van der Waals surface area contributed by atoms with Gasteiger partial charge in [-0.1, -0.05) is 80.7 Å². The van der Waals surface area contributed by atoms with E-state index in [9.17, 15) is 28.8 Å². The average Bonchev–Trinajstić information content (AvgIpc) is 3.30. The Morgan fingerprint density at radius 3 is 2.19 bits per heavy atom. The van der Waals surface area contributed by atoms with Crippen molar-refractivity contribution in [3.8, 4) is 12.3 Å². The number of rotatable bonds is 15. The summed E-state index contributed by atoms with van der Waals surface area (Å²) in [6.45, 7) is 19.4. The summed E-state index contributed by atoms with van der Waals surface area (Å²) in [5.41, 5.74) is -2.08. The second kappa shape index (κ2) is 15.1. The lowest BCUT2D eigenvalue weighted by Gasteiger charge is -2.41. The van der Waals surface area contributed by atoms with Crippen molar-refractivity contribution in [2.45, 2.75) is 144 Å². The Morgan fingerprint density at radius 2 is 1.65 bits per heavy atom. The van der Waals surface area contributed by atoms with Gasteiger partial charge in [0.25, 0.3) is 0 Å². The van der Waals surface area contributed by atoms with E-state index in [0.717, 1.165) is 19.3 Å². The van der Waals surface area contributed by atoms with E-state index in [4.69, 9.17) is 6.42 Å². The van der Waals surface area contributed by atoms with Crippen molar-refractivity contribution in [3.63, 3.8) is 0 Å². The molecule has 0 spiro atoms. The lowest BCUT2D eigenvalue weighted by molar-refractivity contribution is -0.144. The second-order valence-corrected chi connectivity index (χ2v) is 17.2. The number of likely N-dealkylation sites (tertiary alicyclic amines) is 1. The maximum atomic E-state index is 14.4. The number of nitrogens with one attached hydrogen (secondary N) is 2. The van der Waals surface area contributed by atoms with Crippen LogP contribution in [0.25, 0.3) is 0 Å². The normalized spacial score (nSPS) is 23.9.